The molecule has 0 aliphatic rings. The van der Waals surface area contributed by atoms with Gasteiger partial charge in [-0.2, -0.15) is 0 Å². The predicted molar refractivity (Wildman–Crippen MR) is 115 cm³/mol. The highest BCUT2D eigenvalue weighted by Crippen LogP contribution is 2.33. The summed E-state index contributed by atoms with van der Waals surface area (Å²) < 4.78 is 6.92. The van der Waals surface area contributed by atoms with Crippen molar-refractivity contribution in [2.45, 2.75) is 36.9 Å². The summed E-state index contributed by atoms with van der Waals surface area (Å²) in [5.41, 5.74) is 3.49. The van der Waals surface area contributed by atoms with Crippen LogP contribution in [0.5, 0.6) is 0 Å². The summed E-state index contributed by atoms with van der Waals surface area (Å²) in [7, 11) is 0. The number of thioether (sulfide) groups is 1. The lowest BCUT2D eigenvalue weighted by molar-refractivity contribution is 0.0912. The molecule has 4 aromatic rings. The number of amides is 1. The average molecular weight is 430 g/mol. The van der Waals surface area contributed by atoms with Crippen LogP contribution in [-0.4, -0.2) is 15.9 Å². The monoisotopic (exact) mass is 429 g/mol. The number of carbonyl (C=O) groups is 1. The number of nitrogens with zero attached hydrogens (tertiary/aromatic N) is 2. The van der Waals surface area contributed by atoms with Gasteiger partial charge in [0.1, 0.15) is 9.92 Å². The van der Waals surface area contributed by atoms with Gasteiger partial charge in [0, 0.05) is 33.2 Å². The van der Waals surface area contributed by atoms with E-state index in [1.807, 2.05) is 55.8 Å². The first-order chi connectivity index (χ1) is 13.5. The number of hydrogen-bond acceptors (Lipinski definition) is 7. The van der Waals surface area contributed by atoms with E-state index in [1.165, 1.54) is 0 Å². The second-order valence-corrected chi connectivity index (χ2v) is 9.58. The SMILES string of the molecule is Cc1csc(SCc2c(C(=O)NC(C)c3csc(C)n3)oc3ccccc23)n1. The predicted octanol–water partition coefficient (Wildman–Crippen LogP) is 5.75. The van der Waals surface area contributed by atoms with Gasteiger partial charge < -0.3 is 9.73 Å². The van der Waals surface area contributed by atoms with Crippen molar-refractivity contribution in [3.63, 3.8) is 0 Å². The molecular weight excluding hydrogens is 410 g/mol. The molecule has 0 saturated carbocycles. The number of benzene rings is 1. The fraction of sp³-hybridized carbons (Fsp3) is 0.250. The fourth-order valence-electron chi connectivity index (χ4n) is 2.87. The quantitative estimate of drug-likeness (QED) is 0.396. The van der Waals surface area contributed by atoms with Crippen molar-refractivity contribution >= 4 is 51.3 Å². The number of fused-ring (bicyclic) bond motifs is 1. The molecule has 144 valence electrons. The average Bonchev–Trinajstić information content (AvgIpc) is 3.38. The minimum atomic E-state index is -0.222. The first-order valence-electron chi connectivity index (χ1n) is 8.79. The molecule has 0 bridgehead atoms. The second kappa shape index (κ2) is 8.06. The van der Waals surface area contributed by atoms with Crippen LogP contribution >= 0.6 is 34.4 Å². The first kappa shape index (κ1) is 19.2. The van der Waals surface area contributed by atoms with Gasteiger partial charge in [-0.3, -0.25) is 4.79 Å². The van der Waals surface area contributed by atoms with Crippen LogP contribution in [0.1, 0.15) is 45.5 Å². The standard InChI is InChI=1S/C20H19N3O2S3/c1-11-8-27-20(21-11)28-9-15-14-6-4-5-7-17(14)25-18(15)19(24)22-12(2)16-10-26-13(3)23-16/h4-8,10,12H,9H2,1-3H3,(H,22,24). The zero-order chi connectivity index (χ0) is 19.7. The summed E-state index contributed by atoms with van der Waals surface area (Å²) in [5.74, 6) is 0.762. The summed E-state index contributed by atoms with van der Waals surface area (Å²) in [5, 5.41) is 8.97. The van der Waals surface area contributed by atoms with Gasteiger partial charge in [-0.15, -0.1) is 22.7 Å². The lowest BCUT2D eigenvalue weighted by Crippen LogP contribution is -2.27. The van der Waals surface area contributed by atoms with Crippen LogP contribution in [0.4, 0.5) is 0 Å². The second-order valence-electron chi connectivity index (χ2n) is 6.44. The maximum Gasteiger partial charge on any atom is 0.287 e. The molecule has 1 atom stereocenters. The van der Waals surface area contributed by atoms with Gasteiger partial charge >= 0.3 is 0 Å². The highest BCUT2D eigenvalue weighted by Gasteiger charge is 2.23. The van der Waals surface area contributed by atoms with Gasteiger partial charge in [-0.25, -0.2) is 9.97 Å². The van der Waals surface area contributed by atoms with Gasteiger partial charge in [-0.05, 0) is 26.8 Å². The molecule has 0 spiro atoms. The van der Waals surface area contributed by atoms with E-state index >= 15 is 0 Å². The number of para-hydroxylation sites is 1. The molecule has 0 aliphatic heterocycles. The van der Waals surface area contributed by atoms with E-state index in [1.54, 1.807) is 34.4 Å². The largest absolute Gasteiger partial charge is 0.451 e. The molecule has 0 fully saturated rings. The third-order valence-electron chi connectivity index (χ3n) is 4.27. The topological polar surface area (TPSA) is 68.0 Å². The molecule has 1 unspecified atom stereocenters. The highest BCUT2D eigenvalue weighted by atomic mass is 32.2. The van der Waals surface area contributed by atoms with Crippen molar-refractivity contribution in [2.24, 2.45) is 0 Å². The Morgan fingerprint density at radius 2 is 2.04 bits per heavy atom. The Balaban J connectivity index is 1.60. The number of thiazole rings is 2. The number of nitrogens with one attached hydrogen (secondary N) is 1. The molecule has 3 aromatic heterocycles. The fourth-order valence-corrected chi connectivity index (χ4v) is 5.46. The van der Waals surface area contributed by atoms with Crippen LogP contribution in [0.3, 0.4) is 0 Å². The molecule has 0 saturated heterocycles. The molecule has 1 aromatic carbocycles. The Labute approximate surface area is 175 Å². The Kier molecular flexibility index (Phi) is 5.52. The molecule has 1 N–H and O–H groups in total. The Morgan fingerprint density at radius 3 is 2.75 bits per heavy atom. The molecule has 3 heterocycles. The molecule has 4 rings (SSSR count). The van der Waals surface area contributed by atoms with E-state index in [2.05, 4.69) is 15.3 Å². The summed E-state index contributed by atoms with van der Waals surface area (Å²) in [6, 6.07) is 7.57. The minimum Gasteiger partial charge on any atom is -0.451 e. The normalized spacial score (nSPS) is 12.4. The zero-order valence-corrected chi connectivity index (χ0v) is 18.1. The molecular formula is C20H19N3O2S3. The molecule has 28 heavy (non-hydrogen) atoms. The number of aromatic nitrogens is 2. The van der Waals surface area contributed by atoms with Crippen LogP contribution in [0.15, 0.2) is 43.8 Å². The van der Waals surface area contributed by atoms with Crippen molar-refractivity contribution < 1.29 is 9.21 Å². The van der Waals surface area contributed by atoms with E-state index in [-0.39, 0.29) is 11.9 Å². The highest BCUT2D eigenvalue weighted by molar-refractivity contribution is 8.00. The lowest BCUT2D eigenvalue weighted by Gasteiger charge is -2.11. The number of aryl methyl sites for hydroxylation is 2. The molecule has 0 aliphatic carbocycles. The van der Waals surface area contributed by atoms with Crippen molar-refractivity contribution in [2.75, 3.05) is 0 Å². The molecule has 5 nitrogen and oxygen atoms in total. The smallest absolute Gasteiger partial charge is 0.287 e. The maximum absolute atomic E-state index is 13.0. The lowest BCUT2D eigenvalue weighted by atomic mass is 10.1. The minimum absolute atomic E-state index is 0.187. The van der Waals surface area contributed by atoms with Crippen molar-refractivity contribution in [3.05, 3.63) is 62.7 Å². The third kappa shape index (κ3) is 3.99. The van der Waals surface area contributed by atoms with Crippen LogP contribution in [-0.2, 0) is 5.75 Å². The molecule has 8 heteroatoms. The Morgan fingerprint density at radius 1 is 1.21 bits per heavy atom. The first-order valence-corrected chi connectivity index (χ1v) is 11.5. The van der Waals surface area contributed by atoms with E-state index < -0.39 is 0 Å². The third-order valence-corrected chi connectivity index (χ3v) is 7.23. The molecule has 1 amide bonds. The van der Waals surface area contributed by atoms with E-state index in [4.69, 9.17) is 4.42 Å². The van der Waals surface area contributed by atoms with Crippen LogP contribution < -0.4 is 5.32 Å². The summed E-state index contributed by atoms with van der Waals surface area (Å²) in [4.78, 5) is 22.0. The summed E-state index contributed by atoms with van der Waals surface area (Å²) >= 11 is 4.81. The van der Waals surface area contributed by atoms with E-state index in [0.717, 1.165) is 37.3 Å². The summed E-state index contributed by atoms with van der Waals surface area (Å²) in [6.07, 6.45) is 0. The van der Waals surface area contributed by atoms with Gasteiger partial charge in [0.25, 0.3) is 5.91 Å². The zero-order valence-electron chi connectivity index (χ0n) is 15.7. The van der Waals surface area contributed by atoms with E-state index in [9.17, 15) is 4.79 Å². The van der Waals surface area contributed by atoms with Crippen molar-refractivity contribution in [3.8, 4) is 0 Å². The van der Waals surface area contributed by atoms with Gasteiger partial charge in [0.2, 0.25) is 0 Å². The van der Waals surface area contributed by atoms with Crippen molar-refractivity contribution in [1.29, 1.82) is 0 Å². The maximum atomic E-state index is 13.0. The number of hydrogen-bond donors (Lipinski definition) is 1. The van der Waals surface area contributed by atoms with Gasteiger partial charge in [0.15, 0.2) is 5.76 Å². The van der Waals surface area contributed by atoms with Gasteiger partial charge in [0.05, 0.1) is 16.7 Å². The Hall–Kier alpha value is -2.16. The van der Waals surface area contributed by atoms with Crippen LogP contribution in [0, 0.1) is 13.8 Å². The number of rotatable bonds is 6. The van der Waals surface area contributed by atoms with Crippen LogP contribution in [0.25, 0.3) is 11.0 Å². The van der Waals surface area contributed by atoms with Crippen molar-refractivity contribution in [1.82, 2.24) is 15.3 Å². The number of carbonyl (C=O) groups excluding carboxylic acids is 1. The summed E-state index contributed by atoms with van der Waals surface area (Å²) in [6.45, 7) is 5.87. The Bertz CT molecular complexity index is 1130. The number of furan rings is 1. The van der Waals surface area contributed by atoms with Crippen LogP contribution in [0.2, 0.25) is 0 Å². The van der Waals surface area contributed by atoms with E-state index in [0.29, 0.717) is 11.5 Å². The van der Waals surface area contributed by atoms with Gasteiger partial charge in [-0.1, -0.05) is 30.0 Å². The molecule has 0 radical (unpaired) electrons.